The molecule has 33 atom stereocenters. The van der Waals surface area contributed by atoms with Crippen molar-refractivity contribution >= 4 is 59.7 Å². The van der Waals surface area contributed by atoms with Crippen molar-refractivity contribution < 1.29 is 114 Å². The van der Waals surface area contributed by atoms with E-state index in [0.29, 0.717) is 58.1 Å². The second-order valence-electron chi connectivity index (χ2n) is 33.9. The van der Waals surface area contributed by atoms with E-state index >= 15 is 0 Å². The Morgan fingerprint density at radius 2 is 0.549 bits per heavy atom. The molecule has 24 nitrogen and oxygen atoms in total. The lowest BCUT2D eigenvalue weighted by atomic mass is 9.74. The maximum absolute atomic E-state index is 12.5. The van der Waals surface area contributed by atoms with Crippen LogP contribution in [0.1, 0.15) is 242 Å². The zero-order valence-electron chi connectivity index (χ0n) is 63.9. The zero-order valence-corrected chi connectivity index (χ0v) is 63.9. The van der Waals surface area contributed by atoms with Gasteiger partial charge in [0.15, 0.2) is 0 Å². The van der Waals surface area contributed by atoms with Gasteiger partial charge in [-0.3, -0.25) is 47.9 Å². The molecule has 10 bridgehead atoms. The average molecular weight is 1610 g/mol. The monoisotopic (exact) mass is 1610 g/mol. The van der Waals surface area contributed by atoms with Crippen LogP contribution in [-0.4, -0.2) is 175 Å². The van der Waals surface area contributed by atoms with Crippen LogP contribution < -0.4 is 0 Å². The molecule has 5 saturated heterocycles. The molecule has 0 aromatic rings. The predicted molar refractivity (Wildman–Crippen MR) is 432 cm³/mol. The maximum Gasteiger partial charge on any atom is 0.311 e. The Bertz CT molecular complexity index is 3130. The first-order valence-corrected chi connectivity index (χ1v) is 39.2. The molecule has 0 amide bonds. The summed E-state index contributed by atoms with van der Waals surface area (Å²) in [6.07, 6.45) is 6.85. The molecule has 0 aromatic heterocycles. The topological polar surface area (TPSA) is 300 Å². The summed E-state index contributed by atoms with van der Waals surface area (Å²) in [5, 5.41) is 0. The molecule has 15 aliphatic rings. The number of hydrogen-bond donors (Lipinski definition) is 0. The molecule has 5 aliphatic heterocycles. The van der Waals surface area contributed by atoms with E-state index in [1.807, 2.05) is 96.9 Å². The first kappa shape index (κ1) is 106. The Morgan fingerprint density at radius 1 is 0.327 bits per heavy atom. The Kier molecular flexibility index (Phi) is 40.0. The fourth-order valence-electron chi connectivity index (χ4n) is 21.1. The number of carbonyl (C=O) groups is 10. The zero-order chi connectivity index (χ0) is 74.7. The van der Waals surface area contributed by atoms with Gasteiger partial charge >= 0.3 is 59.7 Å². The van der Waals surface area contributed by atoms with Crippen molar-refractivity contribution in [2.45, 2.75) is 297 Å². The van der Waals surface area contributed by atoms with Gasteiger partial charge in [0.2, 0.25) is 0 Å². The van der Waals surface area contributed by atoms with Gasteiger partial charge < -0.3 is 66.3 Å². The predicted octanol–water partition coefficient (Wildman–Crippen LogP) is 15.5. The van der Waals surface area contributed by atoms with Crippen LogP contribution >= 0.6 is 0 Å². The second-order valence-corrected chi connectivity index (χ2v) is 33.9. The van der Waals surface area contributed by atoms with Crippen molar-refractivity contribution in [1.29, 1.82) is 0 Å². The molecule has 15 fully saturated rings. The van der Waals surface area contributed by atoms with Crippen LogP contribution in [0, 0.1) is 153 Å². The summed E-state index contributed by atoms with van der Waals surface area (Å²) in [6.45, 7) is 32.7. The number of cyclic esters (lactones) is 5. The molecule has 24 heteroatoms. The minimum Gasteiger partial charge on any atom is -0.465 e. The number of methoxy groups -OCH3 is 2. The first-order chi connectivity index (χ1) is 49.0. The third-order valence-corrected chi connectivity index (χ3v) is 28.2. The highest BCUT2D eigenvalue weighted by Crippen LogP contribution is 2.62. The van der Waals surface area contributed by atoms with Gasteiger partial charge in [0, 0.05) is 110 Å². The van der Waals surface area contributed by atoms with Crippen LogP contribution in [0.15, 0.2) is 0 Å². The van der Waals surface area contributed by atoms with E-state index in [9.17, 15) is 47.9 Å². The summed E-state index contributed by atoms with van der Waals surface area (Å²) < 4.78 is 77.8. The second kappa shape index (κ2) is 42.8. The Hall–Kier alpha value is -5.46. The van der Waals surface area contributed by atoms with E-state index in [1.54, 1.807) is 14.2 Å². The summed E-state index contributed by atoms with van der Waals surface area (Å²) >= 11 is 0. The van der Waals surface area contributed by atoms with Crippen LogP contribution in [0.25, 0.3) is 0 Å². The summed E-state index contributed by atoms with van der Waals surface area (Å²) in [5.41, 5.74) is -0.971. The molecule has 0 N–H and O–H groups in total. The molecule has 5 heterocycles. The molecule has 10 aliphatic carbocycles. The normalized spacial score (nSPS) is 38.3. The van der Waals surface area contributed by atoms with E-state index in [1.165, 1.54) is 0 Å². The Labute approximate surface area is 681 Å². The fourth-order valence-corrected chi connectivity index (χ4v) is 21.1. The highest BCUT2D eigenvalue weighted by Gasteiger charge is 2.70. The van der Waals surface area contributed by atoms with E-state index in [-0.39, 0.29) is 319 Å². The van der Waals surface area contributed by atoms with Gasteiger partial charge in [-0.05, 0) is 118 Å². The van der Waals surface area contributed by atoms with Crippen LogP contribution in [0.2, 0.25) is 0 Å². The van der Waals surface area contributed by atoms with Gasteiger partial charge in [-0.25, -0.2) is 0 Å². The highest BCUT2D eigenvalue weighted by atomic mass is 16.6. The fraction of sp³-hybridized carbons (Fsp3) is 0.888. The number of ether oxygens (including phenoxy) is 14. The van der Waals surface area contributed by atoms with Crippen molar-refractivity contribution in [3.8, 4) is 0 Å². The van der Waals surface area contributed by atoms with Crippen molar-refractivity contribution in [1.82, 2.24) is 0 Å². The number of fused-ring (bicyclic) bond motifs is 25. The molecular formula is C89H158O24. The lowest BCUT2D eigenvalue weighted by molar-refractivity contribution is -0.177. The highest BCUT2D eigenvalue weighted by molar-refractivity contribution is 5.81. The lowest BCUT2D eigenvalue weighted by Gasteiger charge is -2.36. The van der Waals surface area contributed by atoms with Crippen LogP contribution in [-0.2, 0) is 114 Å². The largest absolute Gasteiger partial charge is 0.465 e. The molecule has 658 valence electrons. The molecule has 10 saturated carbocycles. The Morgan fingerprint density at radius 3 is 0.805 bits per heavy atom. The van der Waals surface area contributed by atoms with Gasteiger partial charge in [-0.15, -0.1) is 0 Å². The van der Waals surface area contributed by atoms with Crippen molar-refractivity contribution in [3.63, 3.8) is 0 Å². The van der Waals surface area contributed by atoms with Crippen LogP contribution in [0.5, 0.6) is 0 Å². The van der Waals surface area contributed by atoms with Gasteiger partial charge in [-0.2, -0.15) is 0 Å². The number of hydrogen-bond acceptors (Lipinski definition) is 24. The molecule has 0 spiro atoms. The van der Waals surface area contributed by atoms with Crippen molar-refractivity contribution in [3.05, 3.63) is 0 Å². The average Bonchev–Trinajstić information content (AvgIpc) is 1.60. The minimum atomic E-state index is -0.486. The molecule has 0 radical (unpaired) electrons. The SMILES string of the molecule is C.C.C.C.C.C.C.C.C.C.CCC(C)(C)C(=O)OC1C2CC(C1OC)C1C(=O)OCC21.CCC(C)C(=O)OC1C(C)C2CC1C1COC(=O)C21.CCC(C)C(=O)OC1C2CC(C1OC)C1C(=O)OCC21.CCOC1C2CC(C3COC(=O)C32)C1OC(=O)C(C)(C)CC.CCOC1C2CC(C3COC(=O)C32)C1OC(=O)C(C)CC. The van der Waals surface area contributed by atoms with E-state index in [4.69, 9.17) is 66.3 Å². The molecule has 113 heavy (non-hydrogen) atoms. The molecular weight excluding hydrogens is 1450 g/mol. The number of esters is 10. The van der Waals surface area contributed by atoms with E-state index in [2.05, 4.69) is 6.92 Å². The molecule has 15 rings (SSSR count). The molecule has 33 unspecified atom stereocenters. The smallest absolute Gasteiger partial charge is 0.311 e. The third kappa shape index (κ3) is 19.3. The van der Waals surface area contributed by atoms with Crippen LogP contribution in [0.4, 0.5) is 0 Å². The minimum absolute atomic E-state index is 0. The van der Waals surface area contributed by atoms with Crippen molar-refractivity contribution in [2.24, 2.45) is 153 Å². The first-order valence-electron chi connectivity index (χ1n) is 39.2. The summed E-state index contributed by atoms with van der Waals surface area (Å²) in [6, 6.07) is 0. The van der Waals surface area contributed by atoms with Crippen molar-refractivity contribution in [2.75, 3.05) is 60.5 Å². The molecule has 0 aromatic carbocycles. The summed E-state index contributed by atoms with van der Waals surface area (Å²) in [7, 11) is 3.26. The third-order valence-electron chi connectivity index (χ3n) is 28.2. The standard InChI is InChI=1S/C17H26O5.2C16H24O5.C15H22O5.C15H22O4.10CH4/c1-5-17(3,4)16(19)22-14-9-7-10(13(14)20-6-2)12-11(9)8-21-15(12)18;1-5-16(2,3)15(18)21-13-8-6-9(12(13)19-4)11-10(8)7-20-14(11)17;1-4-8(3)15(17)21-14-9-6-10(13(14)19-5-2)12-11(9)7-20-16(12)18;1-4-7(2)14(16)20-13-8-5-9(12(13)18-3)11-10(8)6-19-15(11)17;1-4-7(2)14(16)19-13-8(3)9-5-10(13)11-6-18-15(17)12(9)11;;;;;;;;;;/h9-14H,5-8H2,1-4H3;8-13H,5-7H2,1-4H3;8-14H,4-7H2,1-3H3;7-13H,4-6H2,1-3H3;7-13H,4-6H2,1-3H3;10*1H4. The Balaban J connectivity index is 0.000000691. The van der Waals surface area contributed by atoms with E-state index in [0.717, 1.165) is 64.2 Å². The van der Waals surface area contributed by atoms with Gasteiger partial charge in [0.25, 0.3) is 0 Å². The van der Waals surface area contributed by atoms with Gasteiger partial charge in [-0.1, -0.05) is 137 Å². The summed E-state index contributed by atoms with van der Waals surface area (Å²) in [4.78, 5) is 120. The quantitative estimate of drug-likeness (QED) is 0.0761. The maximum atomic E-state index is 12.5. The van der Waals surface area contributed by atoms with Gasteiger partial charge in [0.05, 0.1) is 116 Å². The summed E-state index contributed by atoms with van der Waals surface area (Å²) in [5.74, 6) is 1.80. The lowest BCUT2D eigenvalue weighted by Crippen LogP contribution is -2.47. The van der Waals surface area contributed by atoms with Crippen LogP contribution in [0.3, 0.4) is 0 Å². The number of rotatable bonds is 21. The van der Waals surface area contributed by atoms with Gasteiger partial charge in [0.1, 0.15) is 30.5 Å². The van der Waals surface area contributed by atoms with E-state index < -0.39 is 10.8 Å². The number of carbonyl (C=O) groups excluding carboxylic acids is 10.